The van der Waals surface area contributed by atoms with Gasteiger partial charge < -0.3 is 5.73 Å². The molecule has 13 heavy (non-hydrogen) atoms. The van der Waals surface area contributed by atoms with Crippen molar-refractivity contribution in [3.05, 3.63) is 30.1 Å². The van der Waals surface area contributed by atoms with Crippen LogP contribution in [0.3, 0.4) is 0 Å². The van der Waals surface area contributed by atoms with Gasteiger partial charge in [-0.25, -0.2) is 0 Å². The smallest absolute Gasteiger partial charge is 0.171 e. The molecule has 0 unspecified atom stereocenters. The molecule has 1 aromatic heterocycles. The van der Waals surface area contributed by atoms with Crippen LogP contribution in [-0.2, 0) is 0 Å². The highest BCUT2D eigenvalue weighted by atomic mass is 15.2. The summed E-state index contributed by atoms with van der Waals surface area (Å²) in [6.45, 7) is 3.71. The summed E-state index contributed by atoms with van der Waals surface area (Å²) < 4.78 is 0. The Morgan fingerprint density at radius 2 is 2.08 bits per heavy atom. The van der Waals surface area contributed by atoms with E-state index in [2.05, 4.69) is 15.2 Å². The second-order valence-electron chi connectivity index (χ2n) is 2.75. The highest BCUT2D eigenvalue weighted by Crippen LogP contribution is 1.92. The summed E-state index contributed by atoms with van der Waals surface area (Å²) in [5.41, 5.74) is 7.13. The Morgan fingerprint density at radius 1 is 1.31 bits per heavy atom. The number of rotatable bonds is 2. The highest BCUT2D eigenvalue weighted by molar-refractivity contribution is 5.96. The Balaban J connectivity index is 2.86. The molecule has 0 aliphatic heterocycles. The molecule has 0 amide bonds. The first kappa shape index (κ1) is 9.38. The highest BCUT2D eigenvalue weighted by Gasteiger charge is 1.96. The number of amidine groups is 1. The molecule has 0 atom stereocenters. The normalized spacial score (nSPS) is 11.1. The van der Waals surface area contributed by atoms with Gasteiger partial charge in [-0.1, -0.05) is 6.07 Å². The lowest BCUT2D eigenvalue weighted by Crippen LogP contribution is -2.14. The fraction of sp³-hybridized carbons (Fsp3) is 0.222. The number of nitrogens with two attached hydrogens (primary N) is 1. The molecule has 0 bridgehead atoms. The summed E-state index contributed by atoms with van der Waals surface area (Å²) in [6.07, 6.45) is 1.67. The molecule has 0 aliphatic carbocycles. The molecule has 0 aromatic carbocycles. The Morgan fingerprint density at radius 3 is 2.62 bits per heavy atom. The zero-order valence-electron chi connectivity index (χ0n) is 7.73. The minimum atomic E-state index is 0.335. The van der Waals surface area contributed by atoms with Crippen molar-refractivity contribution in [1.29, 1.82) is 0 Å². The average molecular weight is 176 g/mol. The van der Waals surface area contributed by atoms with Crippen molar-refractivity contribution in [2.75, 3.05) is 0 Å². The lowest BCUT2D eigenvalue weighted by atomic mass is 10.3. The SMILES string of the molecule is CC(C)=N/N=C(\N)c1ccccn1. The largest absolute Gasteiger partial charge is 0.380 e. The standard InChI is InChI=1S/C9H12N4/c1-7(2)12-13-9(10)8-5-3-4-6-11-8/h3-6H,1-2H3,(H2,10,13). The van der Waals surface area contributed by atoms with Crippen molar-refractivity contribution in [2.45, 2.75) is 13.8 Å². The van der Waals surface area contributed by atoms with Gasteiger partial charge in [-0.3, -0.25) is 4.98 Å². The van der Waals surface area contributed by atoms with Gasteiger partial charge in [0.2, 0.25) is 0 Å². The van der Waals surface area contributed by atoms with E-state index >= 15 is 0 Å². The molecule has 2 N–H and O–H groups in total. The van der Waals surface area contributed by atoms with E-state index in [1.807, 2.05) is 26.0 Å². The summed E-state index contributed by atoms with van der Waals surface area (Å²) in [4.78, 5) is 4.03. The summed E-state index contributed by atoms with van der Waals surface area (Å²) in [6, 6.07) is 5.47. The van der Waals surface area contributed by atoms with E-state index in [0.717, 1.165) is 5.71 Å². The van der Waals surface area contributed by atoms with Crippen LogP contribution in [0.25, 0.3) is 0 Å². The van der Waals surface area contributed by atoms with E-state index < -0.39 is 0 Å². The summed E-state index contributed by atoms with van der Waals surface area (Å²) >= 11 is 0. The lowest BCUT2D eigenvalue weighted by molar-refractivity contribution is 1.18. The molecule has 1 aromatic rings. The van der Waals surface area contributed by atoms with Crippen molar-refractivity contribution in [2.24, 2.45) is 15.9 Å². The van der Waals surface area contributed by atoms with Gasteiger partial charge in [-0.15, -0.1) is 5.10 Å². The summed E-state index contributed by atoms with van der Waals surface area (Å²) in [5.74, 6) is 0.335. The third-order valence-corrected chi connectivity index (χ3v) is 1.29. The van der Waals surface area contributed by atoms with Gasteiger partial charge in [0.05, 0.1) is 0 Å². The van der Waals surface area contributed by atoms with Crippen LogP contribution in [-0.4, -0.2) is 16.5 Å². The Labute approximate surface area is 77.2 Å². The molecular weight excluding hydrogens is 164 g/mol. The quantitative estimate of drug-likeness (QED) is 0.418. The number of hydrogen-bond acceptors (Lipinski definition) is 3. The minimum Gasteiger partial charge on any atom is -0.380 e. The van der Waals surface area contributed by atoms with Crippen LogP contribution >= 0.6 is 0 Å². The second kappa shape index (κ2) is 4.35. The molecule has 0 radical (unpaired) electrons. The van der Waals surface area contributed by atoms with E-state index in [1.54, 1.807) is 12.3 Å². The Hall–Kier alpha value is -1.71. The second-order valence-corrected chi connectivity index (χ2v) is 2.75. The number of nitrogens with zero attached hydrogens (tertiary/aromatic N) is 3. The molecule has 1 rings (SSSR count). The fourth-order valence-corrected chi connectivity index (χ4v) is 0.719. The first-order chi connectivity index (χ1) is 6.20. The van der Waals surface area contributed by atoms with Crippen molar-refractivity contribution in [3.8, 4) is 0 Å². The lowest BCUT2D eigenvalue weighted by Gasteiger charge is -1.95. The zero-order chi connectivity index (χ0) is 9.68. The van der Waals surface area contributed by atoms with Crippen molar-refractivity contribution >= 4 is 11.5 Å². The van der Waals surface area contributed by atoms with Crippen molar-refractivity contribution in [3.63, 3.8) is 0 Å². The van der Waals surface area contributed by atoms with Crippen LogP contribution in [0.1, 0.15) is 19.5 Å². The molecule has 4 heteroatoms. The van der Waals surface area contributed by atoms with Crippen molar-refractivity contribution < 1.29 is 0 Å². The molecular formula is C9H12N4. The maximum Gasteiger partial charge on any atom is 0.171 e. The van der Waals surface area contributed by atoms with Gasteiger partial charge >= 0.3 is 0 Å². The van der Waals surface area contributed by atoms with Crippen LogP contribution in [0, 0.1) is 0 Å². The number of pyridine rings is 1. The first-order valence-corrected chi connectivity index (χ1v) is 3.96. The van der Waals surface area contributed by atoms with Crippen molar-refractivity contribution in [1.82, 2.24) is 4.98 Å². The van der Waals surface area contributed by atoms with Crippen LogP contribution in [0.15, 0.2) is 34.6 Å². The van der Waals surface area contributed by atoms with Gasteiger partial charge in [0.15, 0.2) is 5.84 Å². The van der Waals surface area contributed by atoms with Crippen LogP contribution in [0.5, 0.6) is 0 Å². The molecule has 68 valence electrons. The predicted octanol–water partition coefficient (Wildman–Crippen LogP) is 1.18. The van der Waals surface area contributed by atoms with Gasteiger partial charge in [-0.2, -0.15) is 5.10 Å². The van der Waals surface area contributed by atoms with Gasteiger partial charge in [0.25, 0.3) is 0 Å². The Kier molecular flexibility index (Phi) is 3.14. The van der Waals surface area contributed by atoms with E-state index in [-0.39, 0.29) is 0 Å². The number of hydrogen-bond donors (Lipinski definition) is 1. The first-order valence-electron chi connectivity index (χ1n) is 3.96. The van der Waals surface area contributed by atoms with Crippen LogP contribution in [0.2, 0.25) is 0 Å². The van der Waals surface area contributed by atoms with Gasteiger partial charge in [-0.05, 0) is 26.0 Å². The summed E-state index contributed by atoms with van der Waals surface area (Å²) in [5, 5.41) is 7.65. The molecule has 1 heterocycles. The van der Waals surface area contributed by atoms with E-state index in [4.69, 9.17) is 5.73 Å². The predicted molar refractivity (Wildman–Crippen MR) is 53.7 cm³/mol. The molecule has 0 saturated heterocycles. The van der Waals surface area contributed by atoms with Gasteiger partial charge in [0.1, 0.15) is 5.69 Å². The molecule has 0 saturated carbocycles. The van der Waals surface area contributed by atoms with E-state index in [0.29, 0.717) is 11.5 Å². The molecule has 0 fully saturated rings. The average Bonchev–Trinajstić information content (AvgIpc) is 2.15. The zero-order valence-corrected chi connectivity index (χ0v) is 7.73. The van der Waals surface area contributed by atoms with Crippen LogP contribution < -0.4 is 5.73 Å². The third kappa shape index (κ3) is 3.02. The molecule has 0 aliphatic rings. The molecule has 0 spiro atoms. The maximum atomic E-state index is 5.62. The third-order valence-electron chi connectivity index (χ3n) is 1.29. The fourth-order valence-electron chi connectivity index (χ4n) is 0.719. The van der Waals surface area contributed by atoms with E-state index in [1.165, 1.54) is 0 Å². The minimum absolute atomic E-state index is 0.335. The molecule has 4 nitrogen and oxygen atoms in total. The maximum absolute atomic E-state index is 5.62. The Bertz CT molecular complexity index is 323. The number of aromatic nitrogens is 1. The summed E-state index contributed by atoms with van der Waals surface area (Å²) in [7, 11) is 0. The van der Waals surface area contributed by atoms with Gasteiger partial charge in [0, 0.05) is 11.9 Å². The monoisotopic (exact) mass is 176 g/mol. The topological polar surface area (TPSA) is 63.6 Å². The van der Waals surface area contributed by atoms with E-state index in [9.17, 15) is 0 Å². The van der Waals surface area contributed by atoms with Crippen LogP contribution in [0.4, 0.5) is 0 Å².